The first-order valence-corrected chi connectivity index (χ1v) is 5.96. The molecule has 2 rings (SSSR count). The molecule has 5 heteroatoms. The van der Waals surface area contributed by atoms with Crippen LogP contribution in [0.15, 0.2) is 22.8 Å². The predicted molar refractivity (Wildman–Crippen MR) is 64.3 cm³/mol. The lowest BCUT2D eigenvalue weighted by Crippen LogP contribution is -2.38. The van der Waals surface area contributed by atoms with Crippen molar-refractivity contribution in [1.82, 2.24) is 10.2 Å². The monoisotopic (exact) mass is 237 g/mol. The Kier molecular flexibility index (Phi) is 3.81. The fraction of sp³-hybridized carbons (Fsp3) is 0.583. The molecule has 1 aromatic rings. The van der Waals surface area contributed by atoms with Crippen LogP contribution in [0.2, 0.25) is 0 Å². The van der Waals surface area contributed by atoms with Gasteiger partial charge in [-0.15, -0.1) is 0 Å². The minimum absolute atomic E-state index is 0.0167. The molecule has 1 aliphatic rings. The van der Waals surface area contributed by atoms with Gasteiger partial charge in [-0.05, 0) is 25.5 Å². The van der Waals surface area contributed by atoms with Crippen molar-refractivity contribution in [3.05, 3.63) is 24.2 Å². The molecular formula is C12H19N3O2. The summed E-state index contributed by atoms with van der Waals surface area (Å²) in [6.45, 7) is 4.04. The standard InChI is InChI=1S/C12H19N3O2/c1-9(11-3-2-6-17-11)14-12(16)8-15-5-4-10(13)7-15/h2-3,6,9-10H,4-5,7-8,13H2,1H3,(H,14,16). The average molecular weight is 237 g/mol. The Labute approximate surface area is 101 Å². The van der Waals surface area contributed by atoms with Crippen molar-refractivity contribution in [2.45, 2.75) is 25.4 Å². The van der Waals surface area contributed by atoms with Gasteiger partial charge in [-0.25, -0.2) is 0 Å². The van der Waals surface area contributed by atoms with Gasteiger partial charge in [0.05, 0.1) is 18.8 Å². The molecule has 1 amide bonds. The second kappa shape index (κ2) is 5.33. The molecule has 0 aromatic carbocycles. The number of amides is 1. The fourth-order valence-corrected chi connectivity index (χ4v) is 2.11. The van der Waals surface area contributed by atoms with E-state index < -0.39 is 0 Å². The molecule has 1 aliphatic heterocycles. The van der Waals surface area contributed by atoms with Gasteiger partial charge in [0.25, 0.3) is 0 Å². The zero-order chi connectivity index (χ0) is 12.3. The van der Waals surface area contributed by atoms with Crippen LogP contribution in [0.25, 0.3) is 0 Å². The summed E-state index contributed by atoms with van der Waals surface area (Å²) in [5.74, 6) is 0.791. The molecular weight excluding hydrogens is 218 g/mol. The minimum atomic E-state index is -0.0891. The molecule has 0 radical (unpaired) electrons. The second-order valence-corrected chi connectivity index (χ2v) is 4.59. The van der Waals surface area contributed by atoms with Gasteiger partial charge in [-0.3, -0.25) is 9.69 Å². The Bertz CT molecular complexity index is 364. The fourth-order valence-electron chi connectivity index (χ4n) is 2.11. The van der Waals surface area contributed by atoms with E-state index in [0.29, 0.717) is 6.54 Å². The molecule has 0 aliphatic carbocycles. The molecule has 5 nitrogen and oxygen atoms in total. The topological polar surface area (TPSA) is 71.5 Å². The van der Waals surface area contributed by atoms with Crippen molar-refractivity contribution in [2.75, 3.05) is 19.6 Å². The molecule has 3 N–H and O–H groups in total. The van der Waals surface area contributed by atoms with Crippen molar-refractivity contribution in [3.8, 4) is 0 Å². The Morgan fingerprint density at radius 2 is 2.59 bits per heavy atom. The Morgan fingerprint density at radius 3 is 3.18 bits per heavy atom. The quantitative estimate of drug-likeness (QED) is 0.799. The molecule has 2 atom stereocenters. The van der Waals surface area contributed by atoms with Gasteiger partial charge in [0, 0.05) is 19.1 Å². The number of likely N-dealkylation sites (tertiary alicyclic amines) is 1. The van der Waals surface area contributed by atoms with Gasteiger partial charge < -0.3 is 15.5 Å². The summed E-state index contributed by atoms with van der Waals surface area (Å²) in [5.41, 5.74) is 5.79. The van der Waals surface area contributed by atoms with E-state index in [0.717, 1.165) is 25.3 Å². The number of nitrogens with two attached hydrogens (primary N) is 1. The number of nitrogens with zero attached hydrogens (tertiary/aromatic N) is 1. The summed E-state index contributed by atoms with van der Waals surface area (Å²) < 4.78 is 5.23. The van der Waals surface area contributed by atoms with Crippen molar-refractivity contribution in [3.63, 3.8) is 0 Å². The maximum Gasteiger partial charge on any atom is 0.234 e. The maximum absolute atomic E-state index is 11.8. The van der Waals surface area contributed by atoms with E-state index in [1.165, 1.54) is 0 Å². The third-order valence-electron chi connectivity index (χ3n) is 3.02. The number of furan rings is 1. The van der Waals surface area contributed by atoms with Crippen LogP contribution in [0.1, 0.15) is 25.1 Å². The van der Waals surface area contributed by atoms with Crippen LogP contribution >= 0.6 is 0 Å². The van der Waals surface area contributed by atoms with Crippen LogP contribution in [0, 0.1) is 0 Å². The highest BCUT2D eigenvalue weighted by molar-refractivity contribution is 5.78. The first-order chi connectivity index (χ1) is 8.15. The molecule has 94 valence electrons. The van der Waals surface area contributed by atoms with Crippen LogP contribution < -0.4 is 11.1 Å². The summed E-state index contributed by atoms with van der Waals surface area (Å²) in [6.07, 6.45) is 2.58. The largest absolute Gasteiger partial charge is 0.467 e. The number of hydrogen-bond acceptors (Lipinski definition) is 4. The lowest BCUT2D eigenvalue weighted by atomic mass is 10.2. The lowest BCUT2D eigenvalue weighted by Gasteiger charge is -2.17. The van der Waals surface area contributed by atoms with Crippen LogP contribution in [0.4, 0.5) is 0 Å². The normalized spacial score (nSPS) is 22.6. The molecule has 0 spiro atoms. The number of carbonyl (C=O) groups excluding carboxylic acids is 1. The number of rotatable bonds is 4. The van der Waals surface area contributed by atoms with E-state index in [4.69, 9.17) is 10.2 Å². The summed E-state index contributed by atoms with van der Waals surface area (Å²) in [5, 5.41) is 2.91. The number of nitrogens with one attached hydrogen (secondary N) is 1. The summed E-state index contributed by atoms with van der Waals surface area (Å²) in [7, 11) is 0. The molecule has 2 unspecified atom stereocenters. The molecule has 1 aromatic heterocycles. The third kappa shape index (κ3) is 3.31. The predicted octanol–water partition coefficient (Wildman–Crippen LogP) is 0.490. The van der Waals surface area contributed by atoms with Gasteiger partial charge >= 0.3 is 0 Å². The molecule has 17 heavy (non-hydrogen) atoms. The Morgan fingerprint density at radius 1 is 1.76 bits per heavy atom. The summed E-state index contributed by atoms with van der Waals surface area (Å²) in [6, 6.07) is 3.80. The van der Waals surface area contributed by atoms with E-state index in [9.17, 15) is 4.79 Å². The summed E-state index contributed by atoms with van der Waals surface area (Å²) >= 11 is 0. The first-order valence-electron chi connectivity index (χ1n) is 5.96. The van der Waals surface area contributed by atoms with E-state index in [1.54, 1.807) is 6.26 Å². The van der Waals surface area contributed by atoms with Gasteiger partial charge in [0.2, 0.25) is 5.91 Å². The van der Waals surface area contributed by atoms with E-state index >= 15 is 0 Å². The van der Waals surface area contributed by atoms with Crippen molar-refractivity contribution < 1.29 is 9.21 Å². The number of carbonyl (C=O) groups is 1. The van der Waals surface area contributed by atoms with Crippen LogP contribution in [0.5, 0.6) is 0 Å². The zero-order valence-corrected chi connectivity index (χ0v) is 10.1. The highest BCUT2D eigenvalue weighted by atomic mass is 16.3. The van der Waals surface area contributed by atoms with Crippen molar-refractivity contribution >= 4 is 5.91 Å². The highest BCUT2D eigenvalue weighted by Crippen LogP contribution is 2.12. The van der Waals surface area contributed by atoms with Gasteiger partial charge in [-0.1, -0.05) is 0 Å². The first kappa shape index (κ1) is 12.1. The van der Waals surface area contributed by atoms with Crippen LogP contribution in [-0.4, -0.2) is 36.5 Å². The van der Waals surface area contributed by atoms with Crippen molar-refractivity contribution in [1.29, 1.82) is 0 Å². The van der Waals surface area contributed by atoms with Gasteiger partial charge in [0.1, 0.15) is 5.76 Å². The summed E-state index contributed by atoms with van der Waals surface area (Å²) in [4.78, 5) is 13.9. The highest BCUT2D eigenvalue weighted by Gasteiger charge is 2.21. The molecule has 0 bridgehead atoms. The average Bonchev–Trinajstić information content (AvgIpc) is 2.89. The van der Waals surface area contributed by atoms with Gasteiger partial charge in [0.15, 0.2) is 0 Å². The third-order valence-corrected chi connectivity index (χ3v) is 3.02. The van der Waals surface area contributed by atoms with E-state index in [1.807, 2.05) is 19.1 Å². The van der Waals surface area contributed by atoms with E-state index in [-0.39, 0.29) is 18.0 Å². The Hall–Kier alpha value is -1.33. The molecule has 2 heterocycles. The SMILES string of the molecule is CC(NC(=O)CN1CCC(N)C1)c1ccco1. The smallest absolute Gasteiger partial charge is 0.234 e. The molecule has 0 saturated carbocycles. The maximum atomic E-state index is 11.8. The van der Waals surface area contributed by atoms with Gasteiger partial charge in [-0.2, -0.15) is 0 Å². The minimum Gasteiger partial charge on any atom is -0.467 e. The van der Waals surface area contributed by atoms with E-state index in [2.05, 4.69) is 10.2 Å². The van der Waals surface area contributed by atoms with Crippen LogP contribution in [-0.2, 0) is 4.79 Å². The zero-order valence-electron chi connectivity index (χ0n) is 10.1. The molecule has 1 fully saturated rings. The van der Waals surface area contributed by atoms with Crippen LogP contribution in [0.3, 0.4) is 0 Å². The Balaban J connectivity index is 1.77. The number of hydrogen-bond donors (Lipinski definition) is 2. The lowest BCUT2D eigenvalue weighted by molar-refractivity contribution is -0.122. The molecule has 1 saturated heterocycles. The van der Waals surface area contributed by atoms with Crippen molar-refractivity contribution in [2.24, 2.45) is 5.73 Å². The second-order valence-electron chi connectivity index (χ2n) is 4.59.